The number of para-hydroxylation sites is 2. The molecule has 0 atom stereocenters. The van der Waals surface area contributed by atoms with Crippen molar-refractivity contribution in [2.75, 3.05) is 31.1 Å². The number of hydrogen-bond donors (Lipinski definition) is 0. The number of aromatic nitrogens is 2. The highest BCUT2D eigenvalue weighted by Crippen LogP contribution is 2.44. The number of fused-ring (bicyclic) bond motifs is 2. The Labute approximate surface area is 211 Å². The molecule has 2 aliphatic rings. The van der Waals surface area contributed by atoms with Gasteiger partial charge in [0, 0.05) is 42.9 Å². The van der Waals surface area contributed by atoms with Gasteiger partial charge in [0.15, 0.2) is 5.82 Å². The first-order valence-corrected chi connectivity index (χ1v) is 12.5. The molecule has 0 saturated carbocycles. The van der Waals surface area contributed by atoms with E-state index >= 15 is 0 Å². The normalized spacial score (nSPS) is 15.1. The van der Waals surface area contributed by atoms with Gasteiger partial charge in [-0.1, -0.05) is 67.6 Å². The summed E-state index contributed by atoms with van der Waals surface area (Å²) in [5.41, 5.74) is 5.10. The Morgan fingerprint density at radius 1 is 0.806 bits per heavy atom. The molecule has 2 aliphatic heterocycles. The number of amides is 1. The van der Waals surface area contributed by atoms with Gasteiger partial charge in [-0.15, -0.1) is 10.2 Å². The number of ether oxygens (including phenoxy) is 1. The van der Waals surface area contributed by atoms with Crippen LogP contribution >= 0.6 is 0 Å². The lowest BCUT2D eigenvalue weighted by Gasteiger charge is -2.38. The summed E-state index contributed by atoms with van der Waals surface area (Å²) in [6.07, 6.45) is 1.02. The first-order chi connectivity index (χ1) is 17.7. The molecule has 3 heterocycles. The molecule has 1 amide bonds. The number of anilines is 1. The van der Waals surface area contributed by atoms with Gasteiger partial charge in [0.25, 0.3) is 0 Å². The minimum absolute atomic E-state index is 0.120. The average molecular weight is 477 g/mol. The second-order valence-electron chi connectivity index (χ2n) is 9.25. The Balaban J connectivity index is 1.16. The van der Waals surface area contributed by atoms with Gasteiger partial charge in [0.2, 0.25) is 5.91 Å². The van der Waals surface area contributed by atoms with Crippen molar-refractivity contribution < 1.29 is 9.53 Å². The molecule has 0 bridgehead atoms. The van der Waals surface area contributed by atoms with Gasteiger partial charge in [-0.3, -0.25) is 4.79 Å². The maximum atomic E-state index is 13.8. The molecule has 6 heteroatoms. The van der Waals surface area contributed by atoms with E-state index in [0.29, 0.717) is 13.1 Å². The maximum absolute atomic E-state index is 13.8. The van der Waals surface area contributed by atoms with Crippen molar-refractivity contribution in [3.8, 4) is 22.8 Å². The van der Waals surface area contributed by atoms with Crippen molar-refractivity contribution in [1.29, 1.82) is 0 Å². The lowest BCUT2D eigenvalue weighted by atomic mass is 9.86. The summed E-state index contributed by atoms with van der Waals surface area (Å²) in [5, 5.41) is 8.97. The van der Waals surface area contributed by atoms with Crippen LogP contribution in [-0.4, -0.2) is 47.2 Å². The summed E-state index contributed by atoms with van der Waals surface area (Å²) in [4.78, 5) is 18.0. The van der Waals surface area contributed by atoms with Crippen LogP contribution in [0.4, 0.5) is 5.82 Å². The molecule has 3 aromatic carbocycles. The van der Waals surface area contributed by atoms with Crippen LogP contribution < -0.4 is 9.64 Å². The van der Waals surface area contributed by atoms with Crippen LogP contribution in [0.3, 0.4) is 0 Å². The van der Waals surface area contributed by atoms with E-state index in [1.54, 1.807) is 0 Å². The topological polar surface area (TPSA) is 58.6 Å². The molecule has 0 unspecified atom stereocenters. The van der Waals surface area contributed by atoms with E-state index < -0.39 is 0 Å². The largest absolute Gasteiger partial charge is 0.457 e. The van der Waals surface area contributed by atoms with Gasteiger partial charge in [0.1, 0.15) is 11.5 Å². The lowest BCUT2D eigenvalue weighted by Crippen LogP contribution is -2.50. The Bertz CT molecular complexity index is 1330. The highest BCUT2D eigenvalue weighted by atomic mass is 16.5. The molecular weight excluding hydrogens is 448 g/mol. The van der Waals surface area contributed by atoms with Gasteiger partial charge in [-0.05, 0) is 36.2 Å². The fourth-order valence-corrected chi connectivity index (χ4v) is 5.07. The third kappa shape index (κ3) is 4.09. The van der Waals surface area contributed by atoms with E-state index in [-0.39, 0.29) is 11.8 Å². The minimum atomic E-state index is -0.351. The van der Waals surface area contributed by atoms with Crippen LogP contribution in [-0.2, 0) is 11.2 Å². The van der Waals surface area contributed by atoms with E-state index in [1.807, 2.05) is 65.6 Å². The summed E-state index contributed by atoms with van der Waals surface area (Å²) in [6, 6.07) is 28.2. The Morgan fingerprint density at radius 3 is 2.03 bits per heavy atom. The Hall–Kier alpha value is -4.19. The second-order valence-corrected chi connectivity index (χ2v) is 9.25. The predicted molar refractivity (Wildman–Crippen MR) is 140 cm³/mol. The summed E-state index contributed by atoms with van der Waals surface area (Å²) in [7, 11) is 0. The highest BCUT2D eigenvalue weighted by molar-refractivity contribution is 5.90. The second kappa shape index (κ2) is 9.46. The van der Waals surface area contributed by atoms with Gasteiger partial charge in [-0.25, -0.2) is 0 Å². The lowest BCUT2D eigenvalue weighted by molar-refractivity contribution is -0.132. The molecule has 36 heavy (non-hydrogen) atoms. The molecule has 6 rings (SSSR count). The fourth-order valence-electron chi connectivity index (χ4n) is 5.07. The van der Waals surface area contributed by atoms with Crippen molar-refractivity contribution >= 4 is 11.7 Å². The number of nitrogens with zero attached hydrogens (tertiary/aromatic N) is 4. The van der Waals surface area contributed by atoms with Gasteiger partial charge in [0.05, 0.1) is 11.6 Å². The molecule has 1 aromatic heterocycles. The summed E-state index contributed by atoms with van der Waals surface area (Å²) in [5.74, 6) is 2.13. The van der Waals surface area contributed by atoms with Gasteiger partial charge in [-0.2, -0.15) is 0 Å². The molecule has 0 aliphatic carbocycles. The number of benzene rings is 3. The molecule has 180 valence electrons. The summed E-state index contributed by atoms with van der Waals surface area (Å²) >= 11 is 0. The van der Waals surface area contributed by atoms with E-state index in [4.69, 9.17) is 4.74 Å². The fraction of sp³-hybridized carbons (Fsp3) is 0.233. The van der Waals surface area contributed by atoms with E-state index in [9.17, 15) is 4.79 Å². The SMILES string of the molecule is CCc1ccc(-c2ccc(N3CCN(C(=O)C4c5ccccc5Oc5ccccc54)CC3)nn2)cc1. The number of carbonyl (C=O) groups is 1. The number of rotatable bonds is 4. The van der Waals surface area contributed by atoms with Crippen molar-refractivity contribution in [3.05, 3.63) is 102 Å². The van der Waals surface area contributed by atoms with Crippen LogP contribution in [0.15, 0.2) is 84.9 Å². The third-order valence-electron chi connectivity index (χ3n) is 7.15. The van der Waals surface area contributed by atoms with Crippen LogP contribution in [0.2, 0.25) is 0 Å². The summed E-state index contributed by atoms with van der Waals surface area (Å²) < 4.78 is 6.08. The zero-order valence-corrected chi connectivity index (χ0v) is 20.3. The van der Waals surface area contributed by atoms with Gasteiger partial charge >= 0.3 is 0 Å². The Morgan fingerprint density at radius 2 is 1.44 bits per heavy atom. The highest BCUT2D eigenvalue weighted by Gasteiger charge is 2.36. The first kappa shape index (κ1) is 22.3. The first-order valence-electron chi connectivity index (χ1n) is 12.5. The Kier molecular flexibility index (Phi) is 5.85. The maximum Gasteiger partial charge on any atom is 0.234 e. The van der Waals surface area contributed by atoms with Crippen LogP contribution in [0.1, 0.15) is 29.5 Å². The molecule has 1 fully saturated rings. The van der Waals surface area contributed by atoms with Crippen LogP contribution in [0.25, 0.3) is 11.3 Å². The monoisotopic (exact) mass is 476 g/mol. The summed E-state index contributed by atoms with van der Waals surface area (Å²) in [6.45, 7) is 4.87. The number of piperazine rings is 1. The van der Waals surface area contributed by atoms with Crippen molar-refractivity contribution in [2.45, 2.75) is 19.3 Å². The average Bonchev–Trinajstić information content (AvgIpc) is 2.96. The van der Waals surface area contributed by atoms with Crippen LogP contribution in [0, 0.1) is 0 Å². The zero-order valence-electron chi connectivity index (χ0n) is 20.3. The van der Waals surface area contributed by atoms with E-state index in [1.165, 1.54) is 5.56 Å². The molecule has 0 radical (unpaired) electrons. The van der Waals surface area contributed by atoms with E-state index in [0.717, 1.165) is 59.2 Å². The quantitative estimate of drug-likeness (QED) is 0.400. The number of hydrogen-bond acceptors (Lipinski definition) is 5. The molecule has 6 nitrogen and oxygen atoms in total. The van der Waals surface area contributed by atoms with Crippen molar-refractivity contribution in [3.63, 3.8) is 0 Å². The van der Waals surface area contributed by atoms with E-state index in [2.05, 4.69) is 46.3 Å². The molecule has 0 spiro atoms. The standard InChI is InChI=1S/C30H28N4O2/c1-2-21-11-13-22(14-12-21)25-15-16-28(32-31-25)33-17-19-34(20-18-33)30(35)29-23-7-3-5-9-26(23)36-27-10-6-4-8-24(27)29/h3-16,29H,2,17-20H2,1H3. The molecule has 1 saturated heterocycles. The third-order valence-corrected chi connectivity index (χ3v) is 7.15. The van der Waals surface area contributed by atoms with Crippen molar-refractivity contribution in [2.24, 2.45) is 0 Å². The number of carbonyl (C=O) groups excluding carboxylic acids is 1. The smallest absolute Gasteiger partial charge is 0.234 e. The zero-order chi connectivity index (χ0) is 24.5. The van der Waals surface area contributed by atoms with Crippen LogP contribution in [0.5, 0.6) is 11.5 Å². The minimum Gasteiger partial charge on any atom is -0.457 e. The molecule has 4 aromatic rings. The van der Waals surface area contributed by atoms with Gasteiger partial charge < -0.3 is 14.5 Å². The molecular formula is C30H28N4O2. The molecule has 0 N–H and O–H groups in total. The van der Waals surface area contributed by atoms with Crippen molar-refractivity contribution in [1.82, 2.24) is 15.1 Å². The number of aryl methyl sites for hydroxylation is 1. The predicted octanol–water partition coefficient (Wildman–Crippen LogP) is 5.29.